The molecule has 1 aromatic rings. The second-order valence-corrected chi connectivity index (χ2v) is 7.39. The molecule has 1 atom stereocenters. The maximum absolute atomic E-state index is 12.5. The van der Waals surface area contributed by atoms with Crippen molar-refractivity contribution in [3.05, 3.63) is 23.8 Å². The van der Waals surface area contributed by atoms with E-state index in [1.54, 1.807) is 19.1 Å². The molecule has 106 valence electrons. The fourth-order valence-electron chi connectivity index (χ4n) is 2.42. The van der Waals surface area contributed by atoms with E-state index in [1.807, 2.05) is 6.92 Å². The molecule has 1 unspecified atom stereocenters. The zero-order valence-corrected chi connectivity index (χ0v) is 12.1. The van der Waals surface area contributed by atoms with Gasteiger partial charge in [-0.25, -0.2) is 8.42 Å². The van der Waals surface area contributed by atoms with Crippen molar-refractivity contribution < 1.29 is 13.5 Å². The summed E-state index contributed by atoms with van der Waals surface area (Å²) >= 11 is 0. The number of β-amino-alcohol motifs (C(OH)–C–C–N with tert-alkyl or cyclic N) is 1. The van der Waals surface area contributed by atoms with E-state index < -0.39 is 15.6 Å². The highest BCUT2D eigenvalue weighted by molar-refractivity contribution is 7.89. The first-order valence-electron chi connectivity index (χ1n) is 6.31. The van der Waals surface area contributed by atoms with Gasteiger partial charge in [0.1, 0.15) is 4.90 Å². The van der Waals surface area contributed by atoms with Gasteiger partial charge in [0.2, 0.25) is 10.0 Å². The summed E-state index contributed by atoms with van der Waals surface area (Å²) in [6.07, 6.45) is 1.26. The van der Waals surface area contributed by atoms with Crippen LogP contribution in [-0.2, 0) is 10.0 Å². The number of nitrogen functional groups attached to an aromatic ring is 1. The molecule has 1 fully saturated rings. The van der Waals surface area contributed by atoms with Crippen molar-refractivity contribution in [2.75, 3.05) is 18.8 Å². The quantitative estimate of drug-likeness (QED) is 0.797. The molecule has 1 aliphatic heterocycles. The van der Waals surface area contributed by atoms with Gasteiger partial charge in [-0.1, -0.05) is 6.07 Å². The summed E-state index contributed by atoms with van der Waals surface area (Å²) in [5.74, 6) is 0. The van der Waals surface area contributed by atoms with E-state index >= 15 is 0 Å². The first-order chi connectivity index (χ1) is 8.72. The van der Waals surface area contributed by atoms with Crippen molar-refractivity contribution in [3.63, 3.8) is 0 Å². The predicted octanol–water partition coefficient (Wildman–Crippen LogP) is 1.11. The zero-order chi connectivity index (χ0) is 14.3. The predicted molar refractivity (Wildman–Crippen MR) is 74.2 cm³/mol. The third kappa shape index (κ3) is 2.91. The normalized spacial score (nSPS) is 25.4. The third-order valence-electron chi connectivity index (χ3n) is 3.42. The smallest absolute Gasteiger partial charge is 0.245 e. The number of aryl methyl sites for hydroxylation is 1. The van der Waals surface area contributed by atoms with Crippen LogP contribution in [-0.4, -0.2) is 36.5 Å². The highest BCUT2D eigenvalue weighted by atomic mass is 32.2. The van der Waals surface area contributed by atoms with Gasteiger partial charge in [0, 0.05) is 13.1 Å². The van der Waals surface area contributed by atoms with Crippen molar-refractivity contribution in [3.8, 4) is 0 Å². The zero-order valence-electron chi connectivity index (χ0n) is 11.3. The van der Waals surface area contributed by atoms with Gasteiger partial charge in [-0.2, -0.15) is 4.31 Å². The van der Waals surface area contributed by atoms with E-state index in [2.05, 4.69) is 0 Å². The lowest BCUT2D eigenvalue weighted by Gasteiger charge is -2.36. The summed E-state index contributed by atoms with van der Waals surface area (Å²) in [6.45, 7) is 4.06. The summed E-state index contributed by atoms with van der Waals surface area (Å²) in [5, 5.41) is 10.0. The standard InChI is InChI=1S/C13H20N2O3S/c1-10-4-5-12(11(14)8-10)19(17,18)15-7-3-6-13(2,16)9-15/h4-5,8,16H,3,6-7,9,14H2,1-2H3. The average molecular weight is 284 g/mol. The second kappa shape index (κ2) is 4.77. The van der Waals surface area contributed by atoms with Crippen LogP contribution in [0.15, 0.2) is 23.1 Å². The van der Waals surface area contributed by atoms with Crippen LogP contribution < -0.4 is 5.73 Å². The lowest BCUT2D eigenvalue weighted by atomic mass is 9.97. The van der Waals surface area contributed by atoms with Crippen LogP contribution >= 0.6 is 0 Å². The van der Waals surface area contributed by atoms with Crippen LogP contribution in [0.4, 0.5) is 5.69 Å². The highest BCUT2D eigenvalue weighted by Crippen LogP contribution is 2.28. The van der Waals surface area contributed by atoms with Crippen molar-refractivity contribution in [1.29, 1.82) is 0 Å². The number of nitrogens with two attached hydrogens (primary N) is 1. The van der Waals surface area contributed by atoms with E-state index in [0.717, 1.165) is 5.56 Å². The van der Waals surface area contributed by atoms with Crippen LogP contribution in [0.3, 0.4) is 0 Å². The van der Waals surface area contributed by atoms with E-state index in [-0.39, 0.29) is 17.1 Å². The molecule has 1 aromatic carbocycles. The molecule has 0 bridgehead atoms. The van der Waals surface area contributed by atoms with Gasteiger partial charge in [0.15, 0.2) is 0 Å². The van der Waals surface area contributed by atoms with Crippen LogP contribution in [0.25, 0.3) is 0 Å². The Hall–Kier alpha value is -1.11. The largest absolute Gasteiger partial charge is 0.398 e. The number of anilines is 1. The molecule has 0 saturated carbocycles. The van der Waals surface area contributed by atoms with Crippen molar-refractivity contribution >= 4 is 15.7 Å². The SMILES string of the molecule is Cc1ccc(S(=O)(=O)N2CCCC(C)(O)C2)c(N)c1. The van der Waals surface area contributed by atoms with Crippen molar-refractivity contribution in [1.82, 2.24) is 4.31 Å². The van der Waals surface area contributed by atoms with Gasteiger partial charge in [0.25, 0.3) is 0 Å². The molecular formula is C13H20N2O3S. The minimum Gasteiger partial charge on any atom is -0.398 e. The molecule has 0 aliphatic carbocycles. The van der Waals surface area contributed by atoms with Gasteiger partial charge >= 0.3 is 0 Å². The van der Waals surface area contributed by atoms with Crippen molar-refractivity contribution in [2.24, 2.45) is 0 Å². The van der Waals surface area contributed by atoms with E-state index in [1.165, 1.54) is 10.4 Å². The van der Waals surface area contributed by atoms with Crippen LogP contribution in [0, 0.1) is 6.92 Å². The Bertz CT molecular complexity index is 582. The third-order valence-corrected chi connectivity index (χ3v) is 5.34. The molecular weight excluding hydrogens is 264 g/mol. The molecule has 6 heteroatoms. The Morgan fingerprint density at radius 3 is 2.68 bits per heavy atom. The number of benzene rings is 1. The number of hydrogen-bond acceptors (Lipinski definition) is 4. The number of nitrogens with zero attached hydrogens (tertiary/aromatic N) is 1. The molecule has 5 nitrogen and oxygen atoms in total. The minimum atomic E-state index is -3.63. The number of aliphatic hydroxyl groups is 1. The summed E-state index contributed by atoms with van der Waals surface area (Å²) < 4.78 is 26.4. The molecule has 3 N–H and O–H groups in total. The van der Waals surface area contributed by atoms with Gasteiger partial charge in [-0.05, 0) is 44.4 Å². The van der Waals surface area contributed by atoms with E-state index in [9.17, 15) is 13.5 Å². The summed E-state index contributed by atoms with van der Waals surface area (Å²) in [7, 11) is -3.63. The van der Waals surface area contributed by atoms with Gasteiger partial charge in [-0.3, -0.25) is 0 Å². The van der Waals surface area contributed by atoms with Crippen LogP contribution in [0.5, 0.6) is 0 Å². The number of hydrogen-bond donors (Lipinski definition) is 2. The minimum absolute atomic E-state index is 0.114. The van der Waals surface area contributed by atoms with Crippen LogP contribution in [0.2, 0.25) is 0 Å². The topological polar surface area (TPSA) is 83.6 Å². The molecule has 0 spiro atoms. The molecule has 19 heavy (non-hydrogen) atoms. The maximum Gasteiger partial charge on any atom is 0.245 e. The summed E-state index contributed by atoms with van der Waals surface area (Å²) in [5.41, 5.74) is 6.02. The van der Waals surface area contributed by atoms with E-state index in [0.29, 0.717) is 19.4 Å². The maximum atomic E-state index is 12.5. The lowest BCUT2D eigenvalue weighted by molar-refractivity contribution is 0.00941. The van der Waals surface area contributed by atoms with Gasteiger partial charge < -0.3 is 10.8 Å². The molecule has 1 saturated heterocycles. The fourth-order valence-corrected chi connectivity index (χ4v) is 4.11. The number of piperidine rings is 1. The summed E-state index contributed by atoms with van der Waals surface area (Å²) in [4.78, 5) is 0.121. The number of rotatable bonds is 2. The molecule has 0 aromatic heterocycles. The molecule has 0 amide bonds. The molecule has 0 radical (unpaired) electrons. The van der Waals surface area contributed by atoms with Gasteiger partial charge in [-0.15, -0.1) is 0 Å². The number of sulfonamides is 1. The Labute approximate surface area is 114 Å². The van der Waals surface area contributed by atoms with Crippen molar-refractivity contribution in [2.45, 2.75) is 37.2 Å². The lowest BCUT2D eigenvalue weighted by Crippen LogP contribution is -2.48. The van der Waals surface area contributed by atoms with E-state index in [4.69, 9.17) is 5.73 Å². The second-order valence-electron chi connectivity index (χ2n) is 5.48. The summed E-state index contributed by atoms with van der Waals surface area (Å²) in [6, 6.07) is 4.91. The van der Waals surface area contributed by atoms with Crippen LogP contribution in [0.1, 0.15) is 25.3 Å². The molecule has 1 heterocycles. The first-order valence-corrected chi connectivity index (χ1v) is 7.75. The highest BCUT2D eigenvalue weighted by Gasteiger charge is 2.36. The Kier molecular flexibility index (Phi) is 3.59. The fraction of sp³-hybridized carbons (Fsp3) is 0.538. The Balaban J connectivity index is 2.37. The average Bonchev–Trinajstić information content (AvgIpc) is 2.27. The Morgan fingerprint density at radius 2 is 2.11 bits per heavy atom. The first kappa shape index (κ1) is 14.3. The molecule has 1 aliphatic rings. The molecule has 2 rings (SSSR count). The van der Waals surface area contributed by atoms with Gasteiger partial charge in [0.05, 0.1) is 11.3 Å². The Morgan fingerprint density at radius 1 is 1.42 bits per heavy atom. The monoisotopic (exact) mass is 284 g/mol.